The number of aliphatic hydroxyl groups excluding tert-OH is 1. The zero-order valence-electron chi connectivity index (χ0n) is 9.73. The molecule has 88 valence electrons. The van der Waals surface area contributed by atoms with Crippen molar-refractivity contribution in [2.24, 2.45) is 11.7 Å². The van der Waals surface area contributed by atoms with E-state index in [1.165, 1.54) is 25.7 Å². The molecule has 4 atom stereocenters. The standard InChI is InChI=1S/C12H24N2O/c1-9(13)10-4-3-7-14(8-10)11-5-2-6-12(11)15/h9-12,15H,2-8,13H2,1H3. The molecule has 2 aliphatic rings. The van der Waals surface area contributed by atoms with Crippen LogP contribution in [0.2, 0.25) is 0 Å². The van der Waals surface area contributed by atoms with Gasteiger partial charge in [-0.25, -0.2) is 0 Å². The summed E-state index contributed by atoms with van der Waals surface area (Å²) in [7, 11) is 0. The molecule has 0 aromatic carbocycles. The first-order chi connectivity index (χ1) is 7.18. The Labute approximate surface area is 92.6 Å². The summed E-state index contributed by atoms with van der Waals surface area (Å²) in [5.74, 6) is 0.631. The van der Waals surface area contributed by atoms with Gasteiger partial charge in [0.15, 0.2) is 0 Å². The van der Waals surface area contributed by atoms with Crippen LogP contribution in [0.4, 0.5) is 0 Å². The molecule has 3 heteroatoms. The molecule has 1 saturated carbocycles. The van der Waals surface area contributed by atoms with E-state index in [4.69, 9.17) is 5.73 Å². The highest BCUT2D eigenvalue weighted by atomic mass is 16.3. The van der Waals surface area contributed by atoms with E-state index in [0.29, 0.717) is 18.0 Å². The molecule has 0 aromatic heterocycles. The molecule has 2 fully saturated rings. The highest BCUT2D eigenvalue weighted by Gasteiger charge is 2.34. The summed E-state index contributed by atoms with van der Waals surface area (Å²) >= 11 is 0. The molecule has 3 nitrogen and oxygen atoms in total. The molecule has 1 aliphatic heterocycles. The van der Waals surface area contributed by atoms with Crippen molar-refractivity contribution in [3.63, 3.8) is 0 Å². The van der Waals surface area contributed by atoms with Crippen molar-refractivity contribution >= 4 is 0 Å². The minimum Gasteiger partial charge on any atom is -0.391 e. The summed E-state index contributed by atoms with van der Waals surface area (Å²) < 4.78 is 0. The maximum Gasteiger partial charge on any atom is 0.0695 e. The van der Waals surface area contributed by atoms with Crippen LogP contribution in [0, 0.1) is 5.92 Å². The van der Waals surface area contributed by atoms with Crippen LogP contribution in [-0.4, -0.2) is 41.3 Å². The first-order valence-electron chi connectivity index (χ1n) is 6.36. The van der Waals surface area contributed by atoms with E-state index in [-0.39, 0.29) is 6.10 Å². The molecule has 15 heavy (non-hydrogen) atoms. The largest absolute Gasteiger partial charge is 0.391 e. The summed E-state index contributed by atoms with van der Waals surface area (Å²) in [6, 6.07) is 0.720. The van der Waals surface area contributed by atoms with Gasteiger partial charge in [-0.1, -0.05) is 0 Å². The van der Waals surface area contributed by atoms with Crippen molar-refractivity contribution in [3.8, 4) is 0 Å². The highest BCUT2D eigenvalue weighted by molar-refractivity contribution is 4.89. The molecule has 0 amide bonds. The normalized spacial score (nSPS) is 40.6. The van der Waals surface area contributed by atoms with Gasteiger partial charge in [0.1, 0.15) is 0 Å². The van der Waals surface area contributed by atoms with E-state index in [1.807, 2.05) is 0 Å². The molecule has 0 aromatic rings. The first kappa shape index (κ1) is 11.4. The van der Waals surface area contributed by atoms with E-state index >= 15 is 0 Å². The molecule has 0 spiro atoms. The van der Waals surface area contributed by atoms with Crippen molar-refractivity contribution in [2.75, 3.05) is 13.1 Å². The predicted octanol–water partition coefficient (Wildman–Crippen LogP) is 0.959. The van der Waals surface area contributed by atoms with E-state index in [1.54, 1.807) is 0 Å². The maximum absolute atomic E-state index is 9.89. The lowest BCUT2D eigenvalue weighted by Gasteiger charge is -2.39. The van der Waals surface area contributed by atoms with Crippen LogP contribution in [0.25, 0.3) is 0 Å². The average molecular weight is 212 g/mol. The van der Waals surface area contributed by atoms with Crippen molar-refractivity contribution < 1.29 is 5.11 Å². The van der Waals surface area contributed by atoms with Gasteiger partial charge in [0.25, 0.3) is 0 Å². The van der Waals surface area contributed by atoms with Crippen molar-refractivity contribution in [1.82, 2.24) is 4.90 Å². The Morgan fingerprint density at radius 1 is 1.27 bits per heavy atom. The van der Waals surface area contributed by atoms with Gasteiger partial charge >= 0.3 is 0 Å². The highest BCUT2D eigenvalue weighted by Crippen LogP contribution is 2.28. The monoisotopic (exact) mass is 212 g/mol. The molecule has 1 heterocycles. The van der Waals surface area contributed by atoms with Gasteiger partial charge in [-0.3, -0.25) is 4.90 Å². The summed E-state index contributed by atoms with van der Waals surface area (Å²) in [6.45, 7) is 4.36. The summed E-state index contributed by atoms with van der Waals surface area (Å²) in [6.07, 6.45) is 5.77. The maximum atomic E-state index is 9.89. The number of likely N-dealkylation sites (tertiary alicyclic amines) is 1. The van der Waals surface area contributed by atoms with Gasteiger partial charge in [-0.05, 0) is 51.5 Å². The van der Waals surface area contributed by atoms with Crippen LogP contribution in [0.1, 0.15) is 39.0 Å². The lowest BCUT2D eigenvalue weighted by atomic mass is 9.91. The van der Waals surface area contributed by atoms with Crippen molar-refractivity contribution in [3.05, 3.63) is 0 Å². The Morgan fingerprint density at radius 2 is 2.07 bits per heavy atom. The van der Waals surface area contributed by atoms with Crippen LogP contribution in [0.5, 0.6) is 0 Å². The molecule has 1 aliphatic carbocycles. The second-order valence-electron chi connectivity index (χ2n) is 5.32. The molecular weight excluding hydrogens is 188 g/mol. The van der Waals surface area contributed by atoms with E-state index < -0.39 is 0 Å². The molecule has 4 unspecified atom stereocenters. The lowest BCUT2D eigenvalue weighted by molar-refractivity contribution is 0.0398. The van der Waals surface area contributed by atoms with E-state index in [0.717, 1.165) is 19.5 Å². The Balaban J connectivity index is 1.92. The van der Waals surface area contributed by atoms with Gasteiger partial charge in [0, 0.05) is 18.6 Å². The van der Waals surface area contributed by atoms with Gasteiger partial charge in [-0.15, -0.1) is 0 Å². The first-order valence-corrected chi connectivity index (χ1v) is 6.36. The molecule has 3 N–H and O–H groups in total. The molecule has 2 rings (SSSR count). The number of nitrogens with zero attached hydrogens (tertiary/aromatic N) is 1. The summed E-state index contributed by atoms with van der Waals surface area (Å²) in [5.41, 5.74) is 5.97. The minimum absolute atomic E-state index is 0.0863. The number of aliphatic hydroxyl groups is 1. The topological polar surface area (TPSA) is 49.5 Å². The Kier molecular flexibility index (Phi) is 3.65. The Bertz CT molecular complexity index is 208. The number of piperidine rings is 1. The van der Waals surface area contributed by atoms with Crippen LogP contribution in [0.3, 0.4) is 0 Å². The smallest absolute Gasteiger partial charge is 0.0695 e. The SMILES string of the molecule is CC(N)C1CCCN(C2CCCC2O)C1. The van der Waals surface area contributed by atoms with Gasteiger partial charge in [0.05, 0.1) is 6.10 Å². The second kappa shape index (κ2) is 4.81. The third-order valence-electron chi connectivity index (χ3n) is 4.15. The average Bonchev–Trinajstić information content (AvgIpc) is 2.64. The molecular formula is C12H24N2O. The number of hydrogen-bond acceptors (Lipinski definition) is 3. The minimum atomic E-state index is -0.0863. The second-order valence-corrected chi connectivity index (χ2v) is 5.32. The lowest BCUT2D eigenvalue weighted by Crippen LogP contribution is -2.49. The van der Waals surface area contributed by atoms with E-state index in [2.05, 4.69) is 11.8 Å². The fourth-order valence-electron chi connectivity index (χ4n) is 3.12. The van der Waals surface area contributed by atoms with Gasteiger partial charge in [0.2, 0.25) is 0 Å². The zero-order chi connectivity index (χ0) is 10.8. The fraction of sp³-hybridized carbons (Fsp3) is 1.00. The van der Waals surface area contributed by atoms with Crippen LogP contribution < -0.4 is 5.73 Å². The zero-order valence-corrected chi connectivity index (χ0v) is 9.73. The predicted molar refractivity (Wildman–Crippen MR) is 61.6 cm³/mol. The van der Waals surface area contributed by atoms with Crippen molar-refractivity contribution in [2.45, 2.75) is 57.2 Å². The third-order valence-corrected chi connectivity index (χ3v) is 4.15. The fourth-order valence-corrected chi connectivity index (χ4v) is 3.12. The molecule has 0 radical (unpaired) electrons. The molecule has 1 saturated heterocycles. The van der Waals surface area contributed by atoms with Gasteiger partial charge in [-0.2, -0.15) is 0 Å². The van der Waals surface area contributed by atoms with Crippen LogP contribution in [0.15, 0.2) is 0 Å². The van der Waals surface area contributed by atoms with Crippen LogP contribution >= 0.6 is 0 Å². The Hall–Kier alpha value is -0.120. The van der Waals surface area contributed by atoms with Crippen molar-refractivity contribution in [1.29, 1.82) is 0 Å². The quantitative estimate of drug-likeness (QED) is 0.717. The number of rotatable bonds is 2. The summed E-state index contributed by atoms with van der Waals surface area (Å²) in [4.78, 5) is 2.48. The Morgan fingerprint density at radius 3 is 2.67 bits per heavy atom. The van der Waals surface area contributed by atoms with Gasteiger partial charge < -0.3 is 10.8 Å². The number of nitrogens with two attached hydrogens (primary N) is 1. The summed E-state index contributed by atoms with van der Waals surface area (Å²) in [5, 5.41) is 9.89. The number of hydrogen-bond donors (Lipinski definition) is 2. The third kappa shape index (κ3) is 2.52. The van der Waals surface area contributed by atoms with E-state index in [9.17, 15) is 5.11 Å². The van der Waals surface area contributed by atoms with Crippen LogP contribution in [-0.2, 0) is 0 Å². The molecule has 0 bridgehead atoms.